The maximum atomic E-state index is 12.3. The third-order valence-electron chi connectivity index (χ3n) is 10.1. The van der Waals surface area contributed by atoms with Crippen molar-refractivity contribution >= 4 is 29.3 Å². The zero-order valence-electron chi connectivity index (χ0n) is 31.0. The van der Waals surface area contributed by atoms with E-state index in [0.717, 1.165) is 48.6 Å². The van der Waals surface area contributed by atoms with E-state index in [4.69, 9.17) is 27.9 Å². The number of carbonyl (C=O) groups excluding carboxylic acids is 1. The van der Waals surface area contributed by atoms with Crippen molar-refractivity contribution in [1.29, 1.82) is 0 Å². The topological polar surface area (TPSA) is 85.3 Å². The number of likely N-dealkylation sites (tertiary alicyclic amines) is 2. The van der Waals surface area contributed by atoms with E-state index in [9.17, 15) is 15.0 Å². The van der Waals surface area contributed by atoms with Gasteiger partial charge >= 0.3 is 6.09 Å². The lowest BCUT2D eigenvalue weighted by atomic mass is 9.97. The van der Waals surface area contributed by atoms with E-state index in [-0.39, 0.29) is 6.09 Å². The predicted molar refractivity (Wildman–Crippen MR) is 206 cm³/mol. The molecule has 0 aromatic heterocycles. The number of ether oxygens (including phenoxy) is 1. The van der Waals surface area contributed by atoms with Crippen LogP contribution in [0.1, 0.15) is 104 Å². The molecule has 4 aliphatic rings. The summed E-state index contributed by atoms with van der Waals surface area (Å²) < 4.78 is 5.50. The summed E-state index contributed by atoms with van der Waals surface area (Å²) in [6.07, 6.45) is 11.8. The number of rotatable bonds is 5. The standard InChI is InChI=1S/C22H33ClN2O3.C12H16ClNO.C7H12/c1-21(2,3)28-20(26)24-11-9-18(10-12-24)25-15-22(4,27)14-19(25)13-16-5-7-17(23)8-6-16;1-12(15)7-11(14-8-12)6-9-2-4-10(13)5-3-9;1-7-5-3-2-4-6-7/h5-8,18-19,27H,9-15H2,1-4H3;2-5,11,14-15H,6-8H2,1H3;1-6H2/t19-,22?;11-,12?;/m00./s1. The molecule has 3 aliphatic heterocycles. The number of allylic oxidation sites excluding steroid dienone is 1. The first-order chi connectivity index (χ1) is 23.5. The first kappa shape index (κ1) is 40.6. The third-order valence-corrected chi connectivity index (χ3v) is 10.6. The van der Waals surface area contributed by atoms with E-state index in [1.54, 1.807) is 0 Å². The fraction of sp³-hybridized carbons (Fsp3) is 0.634. The molecule has 1 amide bonds. The molecule has 7 nitrogen and oxygen atoms in total. The number of piperidine rings is 1. The number of halogens is 2. The molecule has 6 rings (SSSR count). The van der Waals surface area contributed by atoms with Crippen LogP contribution >= 0.6 is 23.2 Å². The minimum atomic E-state index is -0.667. The number of β-amino-alcohol motifs (C(OH)–C–C–N with tert-alkyl or cyclic N) is 2. The quantitative estimate of drug-likeness (QED) is 0.268. The van der Waals surface area contributed by atoms with Gasteiger partial charge in [-0.15, -0.1) is 0 Å². The van der Waals surface area contributed by atoms with Gasteiger partial charge in [0.15, 0.2) is 0 Å². The highest BCUT2D eigenvalue weighted by molar-refractivity contribution is 6.30. The van der Waals surface area contributed by atoms with Gasteiger partial charge in [0.1, 0.15) is 5.60 Å². The Kier molecular flexibility index (Phi) is 14.7. The SMILES string of the molecule is C=C1CCCCC1.CC1(O)CN[C@@H](Cc2ccc(Cl)cc2)C1.CC1(O)C[C@H](Cc2ccc(Cl)cc2)N(C2CCN(C(=O)OC(C)(C)C)CC2)C1. The van der Waals surface area contributed by atoms with Crippen LogP contribution in [0.4, 0.5) is 4.79 Å². The van der Waals surface area contributed by atoms with Crippen molar-refractivity contribution in [2.24, 2.45) is 0 Å². The first-order valence-corrected chi connectivity index (χ1v) is 19.3. The minimum absolute atomic E-state index is 0.225. The molecular formula is C41H61Cl2N3O4. The number of nitrogens with one attached hydrogen (secondary N) is 1. The monoisotopic (exact) mass is 729 g/mol. The molecule has 2 aromatic carbocycles. The Bertz CT molecular complexity index is 1360. The number of carbonyl (C=O) groups is 1. The van der Waals surface area contributed by atoms with Crippen LogP contribution in [0.3, 0.4) is 0 Å². The van der Waals surface area contributed by atoms with E-state index < -0.39 is 16.8 Å². The maximum Gasteiger partial charge on any atom is 0.410 e. The van der Waals surface area contributed by atoms with Crippen molar-refractivity contribution in [3.05, 3.63) is 81.9 Å². The normalized spacial score (nSPS) is 27.6. The summed E-state index contributed by atoms with van der Waals surface area (Å²) in [6, 6.07) is 16.9. The summed E-state index contributed by atoms with van der Waals surface area (Å²) in [4.78, 5) is 16.6. The van der Waals surface area contributed by atoms with Crippen LogP contribution in [0.5, 0.6) is 0 Å². The second-order valence-corrected chi connectivity index (χ2v) is 17.3. The zero-order valence-corrected chi connectivity index (χ0v) is 32.5. The van der Waals surface area contributed by atoms with Crippen molar-refractivity contribution in [1.82, 2.24) is 15.1 Å². The fourth-order valence-electron chi connectivity index (χ4n) is 7.57. The minimum Gasteiger partial charge on any atom is -0.444 e. The summed E-state index contributed by atoms with van der Waals surface area (Å²) in [6.45, 7) is 16.2. The predicted octanol–water partition coefficient (Wildman–Crippen LogP) is 8.61. The van der Waals surface area contributed by atoms with Crippen LogP contribution in [-0.4, -0.2) is 87.2 Å². The molecule has 0 spiro atoms. The van der Waals surface area contributed by atoms with Gasteiger partial charge in [-0.05, 0) is 134 Å². The van der Waals surface area contributed by atoms with Gasteiger partial charge < -0.3 is 25.2 Å². The number of hydrogen-bond donors (Lipinski definition) is 3. The Morgan fingerprint density at radius 2 is 1.42 bits per heavy atom. The van der Waals surface area contributed by atoms with Crippen LogP contribution < -0.4 is 5.32 Å². The lowest BCUT2D eigenvalue weighted by molar-refractivity contribution is 0.0105. The Morgan fingerprint density at radius 1 is 0.880 bits per heavy atom. The van der Waals surface area contributed by atoms with E-state index in [0.29, 0.717) is 44.3 Å². The molecule has 2 unspecified atom stereocenters. The van der Waals surface area contributed by atoms with Crippen molar-refractivity contribution in [3.63, 3.8) is 0 Å². The largest absolute Gasteiger partial charge is 0.444 e. The Hall–Kier alpha value is -2.13. The number of benzene rings is 2. The molecule has 4 fully saturated rings. The molecular weight excluding hydrogens is 669 g/mol. The molecule has 3 heterocycles. The number of nitrogens with zero attached hydrogens (tertiary/aromatic N) is 2. The molecule has 0 bridgehead atoms. The van der Waals surface area contributed by atoms with E-state index in [1.807, 2.05) is 75.9 Å². The fourth-order valence-corrected chi connectivity index (χ4v) is 7.82. The highest BCUT2D eigenvalue weighted by atomic mass is 35.5. The molecule has 4 atom stereocenters. The number of aliphatic hydroxyl groups is 2. The molecule has 3 N–H and O–H groups in total. The molecule has 9 heteroatoms. The van der Waals surface area contributed by atoms with Crippen molar-refractivity contribution in [2.45, 2.75) is 140 Å². The number of amides is 1. The van der Waals surface area contributed by atoms with Gasteiger partial charge in [-0.25, -0.2) is 4.79 Å². The van der Waals surface area contributed by atoms with Gasteiger partial charge in [-0.1, -0.05) is 66.0 Å². The van der Waals surface area contributed by atoms with E-state index >= 15 is 0 Å². The Balaban J connectivity index is 0.000000210. The van der Waals surface area contributed by atoms with Gasteiger partial charge in [-0.2, -0.15) is 0 Å². The van der Waals surface area contributed by atoms with Crippen molar-refractivity contribution < 1.29 is 19.7 Å². The van der Waals surface area contributed by atoms with Gasteiger partial charge in [0.25, 0.3) is 0 Å². The molecule has 1 saturated carbocycles. The third kappa shape index (κ3) is 13.8. The van der Waals surface area contributed by atoms with Gasteiger partial charge in [0.05, 0.1) is 11.2 Å². The summed E-state index contributed by atoms with van der Waals surface area (Å²) in [5.41, 5.74) is 2.28. The maximum absolute atomic E-state index is 12.3. The summed E-state index contributed by atoms with van der Waals surface area (Å²) in [5.74, 6) is 0. The summed E-state index contributed by atoms with van der Waals surface area (Å²) in [7, 11) is 0. The smallest absolute Gasteiger partial charge is 0.410 e. The van der Waals surface area contributed by atoms with Crippen LogP contribution in [0, 0.1) is 0 Å². The Morgan fingerprint density at radius 3 is 1.88 bits per heavy atom. The summed E-state index contributed by atoms with van der Waals surface area (Å²) >= 11 is 11.8. The average molecular weight is 731 g/mol. The summed E-state index contributed by atoms with van der Waals surface area (Å²) in [5, 5.41) is 25.4. The van der Waals surface area contributed by atoms with E-state index in [1.165, 1.54) is 48.8 Å². The molecule has 3 saturated heterocycles. The first-order valence-electron chi connectivity index (χ1n) is 18.5. The van der Waals surface area contributed by atoms with Crippen LogP contribution in [0.2, 0.25) is 10.0 Å². The molecule has 278 valence electrons. The second-order valence-electron chi connectivity index (χ2n) is 16.5. The van der Waals surface area contributed by atoms with Gasteiger partial charge in [0.2, 0.25) is 0 Å². The van der Waals surface area contributed by atoms with Crippen molar-refractivity contribution in [3.8, 4) is 0 Å². The van der Waals surface area contributed by atoms with Gasteiger partial charge in [-0.3, -0.25) is 4.90 Å². The highest BCUT2D eigenvalue weighted by Crippen LogP contribution is 2.34. The van der Waals surface area contributed by atoms with Gasteiger partial charge in [0, 0.05) is 54.3 Å². The Labute approximate surface area is 311 Å². The zero-order chi connectivity index (χ0) is 36.5. The second kappa shape index (κ2) is 18.1. The highest BCUT2D eigenvalue weighted by Gasteiger charge is 2.43. The number of hydrogen-bond acceptors (Lipinski definition) is 6. The van der Waals surface area contributed by atoms with Crippen LogP contribution in [-0.2, 0) is 17.6 Å². The average Bonchev–Trinajstić information content (AvgIpc) is 3.55. The lowest BCUT2D eigenvalue weighted by Crippen LogP contribution is -2.50. The van der Waals surface area contributed by atoms with Crippen molar-refractivity contribution in [2.75, 3.05) is 26.2 Å². The molecule has 1 aliphatic carbocycles. The molecule has 2 aromatic rings. The van der Waals surface area contributed by atoms with E-state index in [2.05, 4.69) is 28.9 Å². The molecule has 0 radical (unpaired) electrons. The molecule has 50 heavy (non-hydrogen) atoms. The van der Waals surface area contributed by atoms with Crippen LogP contribution in [0.15, 0.2) is 60.7 Å². The lowest BCUT2D eigenvalue weighted by Gasteiger charge is -2.39. The van der Waals surface area contributed by atoms with Crippen LogP contribution in [0.25, 0.3) is 0 Å².